The molecule has 0 unspecified atom stereocenters. The van der Waals surface area contributed by atoms with Crippen LogP contribution in [0.4, 0.5) is 5.69 Å². The van der Waals surface area contributed by atoms with Crippen LogP contribution in [-0.2, 0) is 0 Å². The third-order valence-electron chi connectivity index (χ3n) is 4.80. The second kappa shape index (κ2) is 11.6. The van der Waals surface area contributed by atoms with Crippen LogP contribution in [0.3, 0.4) is 0 Å². The molecule has 0 spiro atoms. The Morgan fingerprint density at radius 2 is 1.30 bits per heavy atom. The van der Waals surface area contributed by atoms with Gasteiger partial charge in [0.15, 0.2) is 23.0 Å². The molecule has 0 saturated heterocycles. The van der Waals surface area contributed by atoms with E-state index in [9.17, 15) is 0 Å². The Morgan fingerprint density at radius 3 is 1.85 bits per heavy atom. The maximum absolute atomic E-state index is 6.00. The van der Waals surface area contributed by atoms with Crippen LogP contribution in [0, 0.1) is 0 Å². The number of rotatable bonds is 10. The minimum Gasteiger partial charge on any atom is -0.493 e. The molecule has 0 radical (unpaired) electrons. The Kier molecular flexibility index (Phi) is 8.63. The van der Waals surface area contributed by atoms with Crippen molar-refractivity contribution in [1.82, 2.24) is 0 Å². The molecule has 0 bridgehead atoms. The second-order valence-corrected chi connectivity index (χ2v) is 8.03. The summed E-state index contributed by atoms with van der Waals surface area (Å²) >= 11 is 7.45. The van der Waals surface area contributed by atoms with Crippen molar-refractivity contribution >= 4 is 41.4 Å². The van der Waals surface area contributed by atoms with Gasteiger partial charge in [0.25, 0.3) is 0 Å². The lowest BCUT2D eigenvalue weighted by Crippen LogP contribution is -1.98. The first-order valence-corrected chi connectivity index (χ1v) is 11.2. The molecular weight excluding hydrogens is 462 g/mol. The Hall–Kier alpha value is -3.16. The van der Waals surface area contributed by atoms with Gasteiger partial charge >= 0.3 is 0 Å². The number of nitrogens with one attached hydrogen (secondary N) is 1. The summed E-state index contributed by atoms with van der Waals surface area (Å²) in [5.41, 5.74) is 2.57. The molecule has 8 heteroatoms. The third-order valence-corrected chi connectivity index (χ3v) is 5.87. The van der Waals surface area contributed by atoms with Crippen molar-refractivity contribution < 1.29 is 23.7 Å². The maximum atomic E-state index is 6.00. The molecule has 0 aromatic heterocycles. The molecule has 0 amide bonds. The highest BCUT2D eigenvalue weighted by Gasteiger charge is 2.15. The quantitative estimate of drug-likeness (QED) is 0.253. The molecule has 3 rings (SSSR count). The topological polar surface area (TPSA) is 58.2 Å². The van der Waals surface area contributed by atoms with E-state index in [1.54, 1.807) is 35.5 Å². The first-order chi connectivity index (χ1) is 16.0. The van der Waals surface area contributed by atoms with Crippen molar-refractivity contribution in [2.24, 2.45) is 0 Å². The largest absolute Gasteiger partial charge is 0.493 e. The number of methoxy groups -OCH3 is 5. The Morgan fingerprint density at radius 1 is 0.697 bits per heavy atom. The fourth-order valence-corrected chi connectivity index (χ4v) is 4.01. The minimum absolute atomic E-state index is 0.546. The third kappa shape index (κ3) is 5.80. The molecule has 0 fully saturated rings. The predicted molar refractivity (Wildman–Crippen MR) is 136 cm³/mol. The minimum atomic E-state index is 0.546. The van der Waals surface area contributed by atoms with Gasteiger partial charge in [-0.1, -0.05) is 23.8 Å². The first kappa shape index (κ1) is 24.5. The number of hydrogen-bond donors (Lipinski definition) is 1. The van der Waals surface area contributed by atoms with E-state index in [1.165, 1.54) is 11.9 Å². The summed E-state index contributed by atoms with van der Waals surface area (Å²) in [4.78, 5) is 1.00. The van der Waals surface area contributed by atoms with Gasteiger partial charge in [-0.2, -0.15) is 0 Å². The Labute approximate surface area is 203 Å². The van der Waals surface area contributed by atoms with E-state index >= 15 is 0 Å². The van der Waals surface area contributed by atoms with E-state index in [1.807, 2.05) is 60.7 Å². The van der Waals surface area contributed by atoms with Gasteiger partial charge in [0, 0.05) is 15.5 Å². The van der Waals surface area contributed by atoms with Gasteiger partial charge in [-0.15, -0.1) is 0 Å². The first-order valence-electron chi connectivity index (χ1n) is 9.96. The van der Waals surface area contributed by atoms with Crippen molar-refractivity contribution in [3.63, 3.8) is 0 Å². The summed E-state index contributed by atoms with van der Waals surface area (Å²) in [5, 5.41) is 0.687. The molecule has 6 nitrogen and oxygen atoms in total. The van der Waals surface area contributed by atoms with Crippen LogP contribution in [-0.4, -0.2) is 35.5 Å². The van der Waals surface area contributed by atoms with Crippen molar-refractivity contribution in [3.8, 4) is 28.7 Å². The lowest BCUT2D eigenvalue weighted by molar-refractivity contribution is 0.324. The molecular formula is C25H26ClNO5S. The zero-order chi connectivity index (χ0) is 23.8. The summed E-state index contributed by atoms with van der Waals surface area (Å²) in [5.74, 6) is 2.94. The van der Waals surface area contributed by atoms with Crippen molar-refractivity contribution in [1.29, 1.82) is 0 Å². The molecule has 3 aromatic carbocycles. The van der Waals surface area contributed by atoms with Gasteiger partial charge < -0.3 is 28.4 Å². The van der Waals surface area contributed by atoms with Crippen LogP contribution in [0.5, 0.6) is 28.7 Å². The van der Waals surface area contributed by atoms with Crippen molar-refractivity contribution in [2.45, 2.75) is 4.90 Å². The Bertz CT molecular complexity index is 1090. The number of ether oxygens (including phenoxy) is 5. The Balaban J connectivity index is 1.98. The smallest absolute Gasteiger partial charge is 0.203 e. The summed E-state index contributed by atoms with van der Waals surface area (Å²) in [6.45, 7) is 0. The number of halogens is 1. The standard InChI is InChI=1S/C25H26ClNO5S/c1-28-20-13-8-17(7-6-16-14-21(29-2)24(31-4)22(15-16)30-3)23(25(20)32-5)27-33-19-11-9-18(26)10-12-19/h6-15,27H,1-5H3/b7-6-. The molecule has 0 atom stereocenters. The highest BCUT2D eigenvalue weighted by Crippen LogP contribution is 2.42. The molecule has 0 aliphatic rings. The monoisotopic (exact) mass is 487 g/mol. The highest BCUT2D eigenvalue weighted by molar-refractivity contribution is 8.00. The molecule has 3 aromatic rings. The zero-order valence-corrected chi connectivity index (χ0v) is 20.7. The summed E-state index contributed by atoms with van der Waals surface area (Å²) in [7, 11) is 7.99. The van der Waals surface area contributed by atoms with Crippen LogP contribution in [0.15, 0.2) is 53.4 Å². The summed E-state index contributed by atoms with van der Waals surface area (Å²) in [6, 6.07) is 15.2. The van der Waals surface area contributed by atoms with E-state index in [-0.39, 0.29) is 0 Å². The summed E-state index contributed by atoms with van der Waals surface area (Å²) < 4.78 is 30.9. The van der Waals surface area contributed by atoms with Crippen LogP contribution >= 0.6 is 23.5 Å². The molecule has 0 aliphatic heterocycles. The average molecular weight is 488 g/mol. The molecule has 33 heavy (non-hydrogen) atoms. The van der Waals surface area contributed by atoms with E-state index in [0.717, 1.165) is 21.7 Å². The normalized spacial score (nSPS) is 10.7. The number of hydrogen-bond acceptors (Lipinski definition) is 7. The molecule has 0 aliphatic carbocycles. The predicted octanol–water partition coefficient (Wildman–Crippen LogP) is 6.67. The number of anilines is 1. The van der Waals surface area contributed by atoms with Crippen molar-refractivity contribution in [2.75, 3.05) is 40.3 Å². The lowest BCUT2D eigenvalue weighted by atomic mass is 10.1. The van der Waals surface area contributed by atoms with E-state index in [4.69, 9.17) is 35.3 Å². The lowest BCUT2D eigenvalue weighted by Gasteiger charge is -2.16. The van der Waals surface area contributed by atoms with Crippen LogP contribution in [0.2, 0.25) is 5.02 Å². The molecule has 1 N–H and O–H groups in total. The van der Waals surface area contributed by atoms with Gasteiger partial charge in [-0.25, -0.2) is 0 Å². The van der Waals surface area contributed by atoms with Crippen molar-refractivity contribution in [3.05, 3.63) is 64.7 Å². The van der Waals surface area contributed by atoms with Gasteiger partial charge in [0.05, 0.1) is 41.2 Å². The SMILES string of the molecule is COc1cc(/C=C\c2ccc(OC)c(OC)c2NSc2ccc(Cl)cc2)cc(OC)c1OC. The van der Waals surface area contributed by atoms with Gasteiger partial charge in [0.1, 0.15) is 0 Å². The molecule has 0 saturated carbocycles. The van der Waals surface area contributed by atoms with E-state index < -0.39 is 0 Å². The van der Waals surface area contributed by atoms with Crippen LogP contribution < -0.4 is 28.4 Å². The van der Waals surface area contributed by atoms with Crippen LogP contribution in [0.25, 0.3) is 12.2 Å². The fraction of sp³-hybridized carbons (Fsp3) is 0.200. The van der Waals surface area contributed by atoms with Gasteiger partial charge in [-0.3, -0.25) is 0 Å². The maximum Gasteiger partial charge on any atom is 0.203 e. The fourth-order valence-electron chi connectivity index (χ4n) is 3.18. The number of benzene rings is 3. The molecule has 0 heterocycles. The van der Waals surface area contributed by atoms with E-state index in [2.05, 4.69) is 4.72 Å². The molecule has 174 valence electrons. The van der Waals surface area contributed by atoms with Gasteiger partial charge in [0.2, 0.25) is 5.75 Å². The van der Waals surface area contributed by atoms with Gasteiger partial charge in [-0.05, 0) is 66.0 Å². The second-order valence-electron chi connectivity index (χ2n) is 6.72. The highest BCUT2D eigenvalue weighted by atomic mass is 35.5. The summed E-state index contributed by atoms with van der Waals surface area (Å²) in [6.07, 6.45) is 3.94. The zero-order valence-electron chi connectivity index (χ0n) is 19.1. The van der Waals surface area contributed by atoms with E-state index in [0.29, 0.717) is 33.8 Å². The van der Waals surface area contributed by atoms with Crippen LogP contribution in [0.1, 0.15) is 11.1 Å². The average Bonchev–Trinajstić information content (AvgIpc) is 2.85.